The van der Waals surface area contributed by atoms with Crippen molar-refractivity contribution in [3.8, 4) is 28.3 Å². The number of alkyl halides is 2. The third kappa shape index (κ3) is 5.10. The summed E-state index contributed by atoms with van der Waals surface area (Å²) in [5, 5.41) is 17.2. The third-order valence-electron chi connectivity index (χ3n) is 6.30. The van der Waals surface area contributed by atoms with Crippen LogP contribution in [0.25, 0.3) is 22.5 Å². The maximum Gasteiger partial charge on any atom is 0.333 e. The molecular weight excluding hydrogens is 501 g/mol. The summed E-state index contributed by atoms with van der Waals surface area (Å²) in [4.78, 5) is 15.0. The van der Waals surface area contributed by atoms with E-state index in [1.807, 2.05) is 4.90 Å². The number of hydrogen-bond acceptors (Lipinski definition) is 9. The lowest BCUT2D eigenvalue weighted by molar-refractivity contribution is 0.0566. The van der Waals surface area contributed by atoms with Crippen LogP contribution in [0.4, 0.5) is 30.5 Å². The number of β-amino-alcohol motifs (C(OH)–C–C–N with tert-alkyl or cyclic N) is 1. The Kier molecular flexibility index (Phi) is 7.11. The Labute approximate surface area is 215 Å². The smallest absolute Gasteiger partial charge is 0.333 e. The van der Waals surface area contributed by atoms with Crippen LogP contribution in [0.3, 0.4) is 0 Å². The highest BCUT2D eigenvalue weighted by molar-refractivity contribution is 5.80. The number of anilines is 3. The van der Waals surface area contributed by atoms with Crippen LogP contribution < -0.4 is 20.7 Å². The van der Waals surface area contributed by atoms with Crippen molar-refractivity contribution in [3.63, 3.8) is 0 Å². The fourth-order valence-electron chi connectivity index (χ4n) is 4.32. The second kappa shape index (κ2) is 10.6. The number of rotatable bonds is 7. The summed E-state index contributed by atoms with van der Waals surface area (Å²) in [7, 11) is 1.43. The molecule has 4 N–H and O–H groups in total. The largest absolute Gasteiger partial charge is 0.496 e. The van der Waals surface area contributed by atoms with Gasteiger partial charge in [0.25, 0.3) is 0 Å². The van der Waals surface area contributed by atoms with E-state index in [1.54, 1.807) is 18.2 Å². The first-order valence-corrected chi connectivity index (χ1v) is 11.8. The average molecular weight is 527 g/mol. The van der Waals surface area contributed by atoms with Crippen molar-refractivity contribution in [2.75, 3.05) is 30.4 Å². The van der Waals surface area contributed by atoms with E-state index in [-0.39, 0.29) is 29.7 Å². The Hall–Kier alpha value is -4.23. The van der Waals surface area contributed by atoms with Crippen LogP contribution in [0, 0.1) is 5.82 Å². The van der Waals surface area contributed by atoms with Crippen LogP contribution in [0.1, 0.15) is 13.0 Å². The summed E-state index contributed by atoms with van der Waals surface area (Å²) in [6.45, 7) is -1.98. The SMILES string of the molecule is COc1cccc(F)c1-c1nccc(Nc2cc(N3CC[C@@H](N)[C@H](O)C3)c(-c3cnn(C(F)F)c3)cn2)n1. The number of aliphatic hydroxyl groups is 1. The van der Waals surface area contributed by atoms with Crippen molar-refractivity contribution in [1.29, 1.82) is 0 Å². The lowest BCUT2D eigenvalue weighted by Crippen LogP contribution is -2.50. The third-order valence-corrected chi connectivity index (χ3v) is 6.30. The Morgan fingerprint density at radius 2 is 2.03 bits per heavy atom. The Morgan fingerprint density at radius 3 is 2.76 bits per heavy atom. The topological polar surface area (TPSA) is 127 Å². The quantitative estimate of drug-likeness (QED) is 0.331. The number of benzene rings is 1. The van der Waals surface area contributed by atoms with Gasteiger partial charge < -0.3 is 25.8 Å². The van der Waals surface area contributed by atoms with Crippen LogP contribution >= 0.6 is 0 Å². The minimum Gasteiger partial charge on any atom is -0.496 e. The number of methoxy groups -OCH3 is 1. The molecule has 0 aliphatic carbocycles. The van der Waals surface area contributed by atoms with Gasteiger partial charge in [0.05, 0.1) is 30.7 Å². The van der Waals surface area contributed by atoms with E-state index in [4.69, 9.17) is 10.5 Å². The first-order chi connectivity index (χ1) is 18.3. The van der Waals surface area contributed by atoms with Gasteiger partial charge in [0.2, 0.25) is 0 Å². The molecule has 1 fully saturated rings. The zero-order valence-electron chi connectivity index (χ0n) is 20.3. The molecule has 0 spiro atoms. The number of hydrogen-bond donors (Lipinski definition) is 3. The molecule has 5 rings (SSSR count). The normalized spacial score (nSPS) is 17.6. The highest BCUT2D eigenvalue weighted by Crippen LogP contribution is 2.35. The zero-order valence-corrected chi connectivity index (χ0v) is 20.3. The lowest BCUT2D eigenvalue weighted by atomic mass is 10.0. The fraction of sp³-hybridized carbons (Fsp3) is 0.280. The first kappa shape index (κ1) is 25.4. The first-order valence-electron chi connectivity index (χ1n) is 11.8. The lowest BCUT2D eigenvalue weighted by Gasteiger charge is -2.36. The van der Waals surface area contributed by atoms with E-state index >= 15 is 0 Å². The fourth-order valence-corrected chi connectivity index (χ4v) is 4.32. The van der Waals surface area contributed by atoms with E-state index in [0.717, 1.165) is 0 Å². The number of ether oxygens (including phenoxy) is 1. The molecule has 1 saturated heterocycles. The van der Waals surface area contributed by atoms with Crippen LogP contribution in [0.5, 0.6) is 5.75 Å². The van der Waals surface area contributed by atoms with E-state index in [9.17, 15) is 18.3 Å². The highest BCUT2D eigenvalue weighted by atomic mass is 19.3. The van der Waals surface area contributed by atoms with Gasteiger partial charge in [-0.2, -0.15) is 13.9 Å². The van der Waals surface area contributed by atoms with Gasteiger partial charge in [-0.1, -0.05) is 6.07 Å². The summed E-state index contributed by atoms with van der Waals surface area (Å²) in [6.07, 6.45) is 5.38. The number of nitrogens with zero attached hydrogens (tertiary/aromatic N) is 6. The van der Waals surface area contributed by atoms with Gasteiger partial charge >= 0.3 is 6.55 Å². The highest BCUT2D eigenvalue weighted by Gasteiger charge is 2.27. The standard InChI is InChI=1S/C25H25F3N8O2/c1-38-20-4-2-3-16(26)23(20)24-30-7-5-21(34-24)33-22-9-18(35-8-6-17(29)19(37)13-35)15(11-31-22)14-10-32-36(12-14)25(27)28/h2-5,7,9-12,17,19,25,37H,6,8,13,29H2,1H3,(H,30,31,33,34)/t17-,19-/m1/s1. The minimum atomic E-state index is -2.78. The number of aromatic nitrogens is 5. The van der Waals surface area contributed by atoms with Crippen LogP contribution in [-0.2, 0) is 0 Å². The molecule has 1 aliphatic rings. The molecule has 38 heavy (non-hydrogen) atoms. The van der Waals surface area contributed by atoms with Gasteiger partial charge in [-0.3, -0.25) is 0 Å². The zero-order chi connectivity index (χ0) is 26.8. The van der Waals surface area contributed by atoms with Crippen molar-refractivity contribution in [1.82, 2.24) is 24.7 Å². The second-order valence-electron chi connectivity index (χ2n) is 8.75. The predicted octanol–water partition coefficient (Wildman–Crippen LogP) is 3.59. The Balaban J connectivity index is 1.50. The molecule has 1 aliphatic heterocycles. The van der Waals surface area contributed by atoms with Gasteiger partial charge in [0.15, 0.2) is 5.82 Å². The average Bonchev–Trinajstić information content (AvgIpc) is 3.41. The van der Waals surface area contributed by atoms with Crippen molar-refractivity contribution in [3.05, 3.63) is 60.9 Å². The molecule has 3 aromatic heterocycles. The summed E-state index contributed by atoms with van der Waals surface area (Å²) in [5.41, 5.74) is 7.75. The number of aliphatic hydroxyl groups excluding tert-OH is 1. The van der Waals surface area contributed by atoms with Gasteiger partial charge in [0, 0.05) is 54.9 Å². The summed E-state index contributed by atoms with van der Waals surface area (Å²) < 4.78 is 46.7. The minimum absolute atomic E-state index is 0.120. The summed E-state index contributed by atoms with van der Waals surface area (Å²) in [6, 6.07) is 7.41. The number of pyridine rings is 1. The molecule has 0 bridgehead atoms. The van der Waals surface area contributed by atoms with Gasteiger partial charge in [-0.15, -0.1) is 0 Å². The molecule has 0 saturated carbocycles. The number of halogens is 3. The van der Waals surface area contributed by atoms with Gasteiger partial charge in [0.1, 0.15) is 23.2 Å². The molecule has 0 amide bonds. The summed E-state index contributed by atoms with van der Waals surface area (Å²) >= 11 is 0. The molecule has 2 atom stereocenters. The van der Waals surface area contributed by atoms with Gasteiger partial charge in [-0.25, -0.2) is 24.0 Å². The summed E-state index contributed by atoms with van der Waals surface area (Å²) in [5.74, 6) is 0.613. The van der Waals surface area contributed by atoms with E-state index in [1.165, 1.54) is 44.0 Å². The molecule has 4 aromatic rings. The van der Waals surface area contributed by atoms with E-state index in [2.05, 4.69) is 25.4 Å². The molecule has 4 heterocycles. The van der Waals surface area contributed by atoms with Gasteiger partial charge in [-0.05, 0) is 24.6 Å². The molecular formula is C25H25F3N8O2. The van der Waals surface area contributed by atoms with E-state index in [0.29, 0.717) is 46.1 Å². The molecule has 10 nitrogen and oxygen atoms in total. The number of piperidine rings is 1. The predicted molar refractivity (Wildman–Crippen MR) is 135 cm³/mol. The van der Waals surface area contributed by atoms with Crippen LogP contribution in [-0.4, -0.2) is 62.2 Å². The molecule has 0 radical (unpaired) electrons. The maximum atomic E-state index is 14.6. The molecule has 0 unspecified atom stereocenters. The maximum absolute atomic E-state index is 14.6. The van der Waals surface area contributed by atoms with Crippen molar-refractivity contribution < 1.29 is 23.0 Å². The van der Waals surface area contributed by atoms with Crippen LogP contribution in [0.2, 0.25) is 0 Å². The Bertz CT molecular complexity index is 1430. The molecule has 198 valence electrons. The van der Waals surface area contributed by atoms with Crippen molar-refractivity contribution in [2.24, 2.45) is 5.73 Å². The second-order valence-corrected chi connectivity index (χ2v) is 8.75. The van der Waals surface area contributed by atoms with E-state index < -0.39 is 18.5 Å². The van der Waals surface area contributed by atoms with Crippen molar-refractivity contribution in [2.45, 2.75) is 25.1 Å². The van der Waals surface area contributed by atoms with Crippen molar-refractivity contribution >= 4 is 17.3 Å². The number of nitrogens with two attached hydrogens (primary N) is 1. The number of nitrogens with one attached hydrogen (secondary N) is 1. The van der Waals surface area contributed by atoms with Crippen LogP contribution in [0.15, 0.2) is 55.1 Å². The molecule has 13 heteroatoms. The Morgan fingerprint density at radius 1 is 1.18 bits per heavy atom. The molecule has 1 aromatic carbocycles. The monoisotopic (exact) mass is 526 g/mol.